The summed E-state index contributed by atoms with van der Waals surface area (Å²) >= 11 is 0. The van der Waals surface area contributed by atoms with Gasteiger partial charge in [-0.25, -0.2) is 4.79 Å². The summed E-state index contributed by atoms with van der Waals surface area (Å²) in [5.41, 5.74) is 0. The summed E-state index contributed by atoms with van der Waals surface area (Å²) in [4.78, 5) is 33.8. The van der Waals surface area contributed by atoms with E-state index in [0.29, 0.717) is 6.61 Å². The zero-order valence-electron chi connectivity index (χ0n) is 11.5. The van der Waals surface area contributed by atoms with Crippen molar-refractivity contribution in [2.75, 3.05) is 19.8 Å². The summed E-state index contributed by atoms with van der Waals surface area (Å²) in [5.74, 6) is -2.77. The molecule has 0 aromatic heterocycles. The first-order valence-corrected chi connectivity index (χ1v) is 6.17. The third kappa shape index (κ3) is 7.40. The molecule has 0 bridgehead atoms. The molecule has 0 rings (SSSR count). The monoisotopic (exact) mass is 275 g/mol. The normalized spacial score (nSPS) is 13.4. The average molecular weight is 275 g/mol. The highest BCUT2D eigenvalue weighted by molar-refractivity contribution is 5.85. The molecule has 0 aliphatic rings. The molecule has 0 fully saturated rings. The zero-order chi connectivity index (χ0) is 14.8. The molecule has 7 nitrogen and oxygen atoms in total. The Labute approximate surface area is 112 Å². The fourth-order valence-corrected chi connectivity index (χ4v) is 1.46. The number of nitrogens with one attached hydrogen (secondary N) is 1. The Kier molecular flexibility index (Phi) is 8.52. The molecule has 0 radical (unpaired) electrons. The molecule has 0 saturated heterocycles. The lowest BCUT2D eigenvalue weighted by molar-refractivity contribution is -0.147. The Morgan fingerprint density at radius 2 is 1.84 bits per heavy atom. The molecule has 0 unspecified atom stereocenters. The molecule has 110 valence electrons. The van der Waals surface area contributed by atoms with E-state index in [4.69, 9.17) is 14.6 Å². The zero-order valence-corrected chi connectivity index (χ0v) is 11.5. The van der Waals surface area contributed by atoms with Gasteiger partial charge in [-0.15, -0.1) is 0 Å². The number of ether oxygens (including phenoxy) is 2. The highest BCUT2D eigenvalue weighted by Crippen LogP contribution is 2.10. The van der Waals surface area contributed by atoms with Gasteiger partial charge in [-0.1, -0.05) is 6.92 Å². The molecule has 0 aliphatic carbocycles. The van der Waals surface area contributed by atoms with Gasteiger partial charge in [0, 0.05) is 6.61 Å². The molecule has 2 atom stereocenters. The van der Waals surface area contributed by atoms with Gasteiger partial charge in [0.25, 0.3) is 0 Å². The van der Waals surface area contributed by atoms with Gasteiger partial charge in [0.05, 0.1) is 13.0 Å². The first kappa shape index (κ1) is 17.4. The standard InChI is InChI=1S/C12H21NO6/c1-4-18-7-9(14)13-11(12(16)17)8(3)6-10(15)19-5-2/h8,11H,4-7H2,1-3H3,(H,13,14)(H,16,17)/t8-,11-/m1/s1. The molecule has 0 aromatic carbocycles. The smallest absolute Gasteiger partial charge is 0.326 e. The number of esters is 1. The molecule has 1 amide bonds. The lowest BCUT2D eigenvalue weighted by Gasteiger charge is -2.20. The van der Waals surface area contributed by atoms with Gasteiger partial charge in [0.15, 0.2) is 0 Å². The summed E-state index contributed by atoms with van der Waals surface area (Å²) in [6.07, 6.45) is -0.0697. The van der Waals surface area contributed by atoms with E-state index in [1.165, 1.54) is 0 Å². The highest BCUT2D eigenvalue weighted by Gasteiger charge is 2.28. The number of carbonyl (C=O) groups is 3. The van der Waals surface area contributed by atoms with Crippen molar-refractivity contribution in [2.24, 2.45) is 5.92 Å². The topological polar surface area (TPSA) is 102 Å². The van der Waals surface area contributed by atoms with Crippen LogP contribution < -0.4 is 5.32 Å². The summed E-state index contributed by atoms with van der Waals surface area (Å²) in [7, 11) is 0. The maximum absolute atomic E-state index is 11.4. The number of hydrogen-bond donors (Lipinski definition) is 2. The van der Waals surface area contributed by atoms with E-state index >= 15 is 0 Å². The summed E-state index contributed by atoms with van der Waals surface area (Å²) in [6.45, 7) is 5.36. The van der Waals surface area contributed by atoms with Crippen LogP contribution in [0.25, 0.3) is 0 Å². The first-order valence-electron chi connectivity index (χ1n) is 6.17. The molecule has 0 aliphatic heterocycles. The van der Waals surface area contributed by atoms with Gasteiger partial charge in [0.1, 0.15) is 12.6 Å². The fourth-order valence-electron chi connectivity index (χ4n) is 1.46. The van der Waals surface area contributed by atoms with E-state index in [2.05, 4.69) is 5.32 Å². The van der Waals surface area contributed by atoms with Gasteiger partial charge in [-0.2, -0.15) is 0 Å². The van der Waals surface area contributed by atoms with Gasteiger partial charge in [0.2, 0.25) is 5.91 Å². The van der Waals surface area contributed by atoms with Crippen molar-refractivity contribution in [3.05, 3.63) is 0 Å². The van der Waals surface area contributed by atoms with Crippen LogP contribution in [0.2, 0.25) is 0 Å². The molecule has 7 heteroatoms. The van der Waals surface area contributed by atoms with E-state index < -0.39 is 29.8 Å². The van der Waals surface area contributed by atoms with E-state index in [-0.39, 0.29) is 19.6 Å². The van der Waals surface area contributed by atoms with Crippen LogP contribution in [0.3, 0.4) is 0 Å². The number of carbonyl (C=O) groups excluding carboxylic acids is 2. The lowest BCUT2D eigenvalue weighted by Crippen LogP contribution is -2.47. The second kappa shape index (κ2) is 9.32. The van der Waals surface area contributed by atoms with Crippen molar-refractivity contribution in [3.63, 3.8) is 0 Å². The minimum Gasteiger partial charge on any atom is -0.480 e. The van der Waals surface area contributed by atoms with Crippen LogP contribution in [0.15, 0.2) is 0 Å². The van der Waals surface area contributed by atoms with Gasteiger partial charge >= 0.3 is 11.9 Å². The molecule has 2 N–H and O–H groups in total. The molecular formula is C12H21NO6. The van der Waals surface area contributed by atoms with E-state index in [1.54, 1.807) is 20.8 Å². The number of aliphatic carboxylic acids is 1. The third-order valence-electron chi connectivity index (χ3n) is 2.38. The molecule has 0 aromatic rings. The highest BCUT2D eigenvalue weighted by atomic mass is 16.5. The Bertz CT molecular complexity index is 317. The van der Waals surface area contributed by atoms with Crippen LogP contribution in [0, 0.1) is 5.92 Å². The van der Waals surface area contributed by atoms with Gasteiger partial charge in [-0.3, -0.25) is 9.59 Å². The number of amides is 1. The maximum atomic E-state index is 11.4. The Morgan fingerprint density at radius 3 is 2.32 bits per heavy atom. The number of hydrogen-bond acceptors (Lipinski definition) is 5. The Morgan fingerprint density at radius 1 is 1.21 bits per heavy atom. The van der Waals surface area contributed by atoms with Crippen molar-refractivity contribution in [1.29, 1.82) is 0 Å². The lowest BCUT2D eigenvalue weighted by atomic mass is 9.98. The Hall–Kier alpha value is -1.63. The summed E-state index contributed by atoms with van der Waals surface area (Å²) in [5, 5.41) is 11.4. The van der Waals surface area contributed by atoms with E-state index in [1.807, 2.05) is 0 Å². The van der Waals surface area contributed by atoms with E-state index in [0.717, 1.165) is 0 Å². The van der Waals surface area contributed by atoms with Crippen LogP contribution >= 0.6 is 0 Å². The third-order valence-corrected chi connectivity index (χ3v) is 2.38. The average Bonchev–Trinajstić information content (AvgIpc) is 2.32. The van der Waals surface area contributed by atoms with Crippen molar-refractivity contribution >= 4 is 17.8 Å². The van der Waals surface area contributed by atoms with Crippen LogP contribution in [0.5, 0.6) is 0 Å². The van der Waals surface area contributed by atoms with Crippen molar-refractivity contribution in [2.45, 2.75) is 33.2 Å². The second-order valence-corrected chi connectivity index (χ2v) is 4.01. The van der Waals surface area contributed by atoms with Crippen LogP contribution in [-0.2, 0) is 23.9 Å². The molecule has 0 spiro atoms. The van der Waals surface area contributed by atoms with Crippen LogP contribution in [-0.4, -0.2) is 48.8 Å². The fraction of sp³-hybridized carbons (Fsp3) is 0.750. The van der Waals surface area contributed by atoms with Crippen molar-refractivity contribution < 1.29 is 29.0 Å². The minimum atomic E-state index is -1.19. The van der Waals surface area contributed by atoms with Gasteiger partial charge in [-0.05, 0) is 19.8 Å². The predicted molar refractivity (Wildman–Crippen MR) is 66.5 cm³/mol. The van der Waals surface area contributed by atoms with Crippen molar-refractivity contribution in [3.8, 4) is 0 Å². The Balaban J connectivity index is 4.42. The number of rotatable bonds is 9. The number of carboxylic acid groups (broad SMARTS) is 1. The van der Waals surface area contributed by atoms with Crippen LogP contribution in [0.4, 0.5) is 0 Å². The van der Waals surface area contributed by atoms with E-state index in [9.17, 15) is 14.4 Å². The van der Waals surface area contributed by atoms with Crippen LogP contribution in [0.1, 0.15) is 27.2 Å². The second-order valence-electron chi connectivity index (χ2n) is 4.01. The largest absolute Gasteiger partial charge is 0.480 e. The molecule has 0 saturated carbocycles. The predicted octanol–water partition coefficient (Wildman–Crippen LogP) is 0.182. The van der Waals surface area contributed by atoms with Gasteiger partial charge < -0.3 is 19.9 Å². The molecule has 0 heterocycles. The SMILES string of the molecule is CCOCC(=O)N[C@@H](C(=O)O)[C@H](C)CC(=O)OCC. The molecular weight excluding hydrogens is 254 g/mol. The summed E-state index contributed by atoms with van der Waals surface area (Å²) in [6, 6.07) is -1.14. The van der Waals surface area contributed by atoms with Crippen molar-refractivity contribution in [1.82, 2.24) is 5.32 Å². The number of carboxylic acids is 1. The quantitative estimate of drug-likeness (QED) is 0.582. The first-order chi connectivity index (χ1) is 8.92. The summed E-state index contributed by atoms with van der Waals surface area (Å²) < 4.78 is 9.62. The maximum Gasteiger partial charge on any atom is 0.326 e. The molecule has 19 heavy (non-hydrogen) atoms. The minimum absolute atomic E-state index is 0.0697.